The maximum Gasteiger partial charge on any atom is 0.256 e. The first-order valence-electron chi connectivity index (χ1n) is 11.8. The number of nitrogens with one attached hydrogen (secondary N) is 1. The van der Waals surface area contributed by atoms with Crippen LogP contribution < -0.4 is 10.9 Å². The number of rotatable bonds is 2. The molecular formula is C23H34N6O. The maximum absolute atomic E-state index is 12.8. The Kier molecular flexibility index (Phi) is 5.63. The summed E-state index contributed by atoms with van der Waals surface area (Å²) in [5.41, 5.74) is 0.752. The molecule has 0 aromatic carbocycles. The molecule has 162 valence electrons. The van der Waals surface area contributed by atoms with Crippen LogP contribution in [0.3, 0.4) is 0 Å². The van der Waals surface area contributed by atoms with E-state index in [1.807, 2.05) is 6.92 Å². The number of fused-ring (bicyclic) bond motifs is 1. The van der Waals surface area contributed by atoms with Crippen molar-refractivity contribution in [2.75, 3.05) is 31.5 Å². The second-order valence-electron chi connectivity index (χ2n) is 9.28. The van der Waals surface area contributed by atoms with Crippen LogP contribution in [0.5, 0.6) is 0 Å². The Morgan fingerprint density at radius 1 is 1.03 bits per heavy atom. The van der Waals surface area contributed by atoms with Gasteiger partial charge >= 0.3 is 0 Å². The largest absolute Gasteiger partial charge is 0.342 e. The first kappa shape index (κ1) is 19.8. The van der Waals surface area contributed by atoms with E-state index in [-0.39, 0.29) is 11.7 Å². The molecule has 4 aliphatic rings. The second-order valence-corrected chi connectivity index (χ2v) is 9.28. The third-order valence-electron chi connectivity index (χ3n) is 7.23. The molecule has 2 atom stereocenters. The maximum atomic E-state index is 12.8. The molecule has 0 radical (unpaired) electrons. The van der Waals surface area contributed by atoms with Crippen LogP contribution in [-0.4, -0.2) is 57.5 Å². The summed E-state index contributed by atoms with van der Waals surface area (Å²) in [6, 6.07) is 2.34. The number of anilines is 1. The second kappa shape index (κ2) is 8.53. The number of aromatic nitrogens is 2. The fourth-order valence-corrected chi connectivity index (χ4v) is 5.56. The summed E-state index contributed by atoms with van der Waals surface area (Å²) in [4.78, 5) is 27.7. The average Bonchev–Trinajstić information content (AvgIpc) is 2.79. The summed E-state index contributed by atoms with van der Waals surface area (Å²) in [6.45, 7) is 6.44. The van der Waals surface area contributed by atoms with Crippen molar-refractivity contribution in [3.05, 3.63) is 34.3 Å². The Bertz CT molecular complexity index is 876. The topological polar surface area (TPSA) is 65.8 Å². The van der Waals surface area contributed by atoms with Crippen molar-refractivity contribution >= 4 is 11.9 Å². The van der Waals surface area contributed by atoms with Crippen LogP contribution in [-0.2, 0) is 0 Å². The van der Waals surface area contributed by atoms with Gasteiger partial charge in [-0.05, 0) is 65.0 Å². The van der Waals surface area contributed by atoms with Gasteiger partial charge in [0.15, 0.2) is 0 Å². The highest BCUT2D eigenvalue weighted by atomic mass is 16.1. The van der Waals surface area contributed by atoms with Crippen LogP contribution in [0, 0.1) is 12.8 Å². The van der Waals surface area contributed by atoms with Gasteiger partial charge < -0.3 is 9.80 Å². The Morgan fingerprint density at radius 2 is 1.83 bits per heavy atom. The normalized spacial score (nSPS) is 28.0. The van der Waals surface area contributed by atoms with E-state index < -0.39 is 0 Å². The van der Waals surface area contributed by atoms with Gasteiger partial charge in [0, 0.05) is 36.8 Å². The number of piperidine rings is 2. The van der Waals surface area contributed by atoms with Crippen molar-refractivity contribution in [2.45, 2.75) is 70.5 Å². The molecule has 7 heteroatoms. The highest BCUT2D eigenvalue weighted by Gasteiger charge is 2.33. The minimum Gasteiger partial charge on any atom is -0.342 e. The van der Waals surface area contributed by atoms with E-state index >= 15 is 0 Å². The van der Waals surface area contributed by atoms with Gasteiger partial charge in [0.25, 0.3) is 5.56 Å². The van der Waals surface area contributed by atoms with Gasteiger partial charge in [0.05, 0.1) is 0 Å². The number of nitrogens with zero attached hydrogens (tertiary/aromatic N) is 5. The number of aliphatic imine (C=N–C) groups is 1. The van der Waals surface area contributed by atoms with Crippen LogP contribution in [0.2, 0.25) is 0 Å². The summed E-state index contributed by atoms with van der Waals surface area (Å²) in [6.07, 6.45) is 13.9. The third kappa shape index (κ3) is 3.92. The molecule has 0 spiro atoms. The van der Waals surface area contributed by atoms with Crippen molar-refractivity contribution in [2.24, 2.45) is 10.9 Å². The van der Waals surface area contributed by atoms with E-state index in [9.17, 15) is 4.79 Å². The average molecular weight is 411 g/mol. The van der Waals surface area contributed by atoms with Gasteiger partial charge in [-0.3, -0.25) is 14.7 Å². The lowest BCUT2D eigenvalue weighted by atomic mass is 9.91. The van der Waals surface area contributed by atoms with Gasteiger partial charge in [0.2, 0.25) is 11.9 Å². The van der Waals surface area contributed by atoms with E-state index in [0.29, 0.717) is 17.9 Å². The first-order valence-corrected chi connectivity index (χ1v) is 11.8. The SMILES string of the molecule is Cc1cc(=O)n2c(n1)NC(N1CCC(N3CCCCC3)CC1)=NC2C1CC=CCC1. The van der Waals surface area contributed by atoms with Crippen LogP contribution in [0.1, 0.15) is 63.2 Å². The number of guanidine groups is 1. The molecule has 2 unspecified atom stereocenters. The molecule has 5 rings (SSSR count). The summed E-state index contributed by atoms with van der Waals surface area (Å²) in [7, 11) is 0. The van der Waals surface area contributed by atoms with Crippen LogP contribution in [0.4, 0.5) is 5.95 Å². The fourth-order valence-electron chi connectivity index (χ4n) is 5.56. The molecule has 1 N–H and O–H groups in total. The zero-order valence-electron chi connectivity index (χ0n) is 18.1. The molecule has 2 saturated heterocycles. The number of hydrogen-bond acceptors (Lipinski definition) is 6. The van der Waals surface area contributed by atoms with E-state index in [2.05, 4.69) is 32.3 Å². The molecule has 0 saturated carbocycles. The molecule has 30 heavy (non-hydrogen) atoms. The standard InChI is InChI=1S/C23H34N6O/c1-17-16-20(30)29-21(18-8-4-2-5-9-18)25-22(26-23(29)24-17)28-14-10-19(11-15-28)27-12-6-3-7-13-27/h2,4,16,18-19,21H,3,5-15H2,1H3,(H,24,25,26). The van der Waals surface area contributed by atoms with E-state index in [0.717, 1.165) is 44.0 Å². The Morgan fingerprint density at radius 3 is 2.57 bits per heavy atom. The van der Waals surface area contributed by atoms with E-state index in [1.165, 1.54) is 45.2 Å². The summed E-state index contributed by atoms with van der Waals surface area (Å²) in [5, 5.41) is 3.41. The van der Waals surface area contributed by atoms with Gasteiger partial charge in [-0.2, -0.15) is 0 Å². The molecular weight excluding hydrogens is 376 g/mol. The molecule has 3 aliphatic heterocycles. The Balaban J connectivity index is 1.36. The Labute approximate surface area is 178 Å². The smallest absolute Gasteiger partial charge is 0.256 e. The third-order valence-corrected chi connectivity index (χ3v) is 7.23. The summed E-state index contributed by atoms with van der Waals surface area (Å²) < 4.78 is 1.78. The number of hydrogen-bond donors (Lipinski definition) is 1. The molecule has 1 aromatic rings. The van der Waals surface area contributed by atoms with Gasteiger partial charge in [-0.25, -0.2) is 9.98 Å². The number of likely N-dealkylation sites (tertiary alicyclic amines) is 2. The van der Waals surface area contributed by atoms with Gasteiger partial charge in [-0.15, -0.1) is 0 Å². The molecule has 7 nitrogen and oxygen atoms in total. The number of aryl methyl sites for hydroxylation is 1. The van der Waals surface area contributed by atoms with Crippen molar-refractivity contribution < 1.29 is 0 Å². The lowest BCUT2D eigenvalue weighted by molar-refractivity contribution is 0.114. The van der Waals surface area contributed by atoms with E-state index in [1.54, 1.807) is 10.6 Å². The molecule has 4 heterocycles. The molecule has 0 bridgehead atoms. The lowest BCUT2D eigenvalue weighted by Gasteiger charge is -2.42. The minimum atomic E-state index is -0.165. The van der Waals surface area contributed by atoms with E-state index in [4.69, 9.17) is 4.99 Å². The van der Waals surface area contributed by atoms with Gasteiger partial charge in [-0.1, -0.05) is 18.6 Å². The van der Waals surface area contributed by atoms with Crippen molar-refractivity contribution in [1.29, 1.82) is 0 Å². The van der Waals surface area contributed by atoms with Crippen LogP contribution in [0.25, 0.3) is 0 Å². The van der Waals surface area contributed by atoms with Crippen molar-refractivity contribution in [3.8, 4) is 0 Å². The van der Waals surface area contributed by atoms with Crippen molar-refractivity contribution in [1.82, 2.24) is 19.4 Å². The predicted molar refractivity (Wildman–Crippen MR) is 120 cm³/mol. The zero-order chi connectivity index (χ0) is 20.5. The highest BCUT2D eigenvalue weighted by molar-refractivity contribution is 5.93. The van der Waals surface area contributed by atoms with Crippen molar-refractivity contribution in [3.63, 3.8) is 0 Å². The summed E-state index contributed by atoms with van der Waals surface area (Å²) in [5.74, 6) is 1.91. The quantitative estimate of drug-likeness (QED) is 0.759. The fraction of sp³-hybridized carbons (Fsp3) is 0.696. The highest BCUT2D eigenvalue weighted by Crippen LogP contribution is 2.34. The molecule has 1 aliphatic carbocycles. The Hall–Kier alpha value is -2.15. The van der Waals surface area contributed by atoms with Crippen LogP contribution in [0.15, 0.2) is 28.0 Å². The molecule has 1 aromatic heterocycles. The van der Waals surface area contributed by atoms with Crippen LogP contribution >= 0.6 is 0 Å². The monoisotopic (exact) mass is 410 g/mol. The molecule has 2 fully saturated rings. The zero-order valence-corrected chi connectivity index (χ0v) is 18.1. The predicted octanol–water partition coefficient (Wildman–Crippen LogP) is 3.14. The minimum absolute atomic E-state index is 0.00356. The lowest BCUT2D eigenvalue weighted by Crippen LogP contribution is -2.51. The van der Waals surface area contributed by atoms with Gasteiger partial charge in [0.1, 0.15) is 6.17 Å². The number of allylic oxidation sites excluding steroid dienone is 2. The summed E-state index contributed by atoms with van der Waals surface area (Å²) >= 11 is 0. The molecule has 0 amide bonds. The first-order chi connectivity index (χ1) is 14.7.